The highest BCUT2D eigenvalue weighted by atomic mass is 16.5. The van der Waals surface area contributed by atoms with Gasteiger partial charge in [-0.3, -0.25) is 33.9 Å². The third-order valence-corrected chi connectivity index (χ3v) is 13.6. The Morgan fingerprint density at radius 3 is 2.40 bits per heavy atom. The number of ether oxygens (including phenoxy) is 2. The van der Waals surface area contributed by atoms with Crippen LogP contribution in [-0.4, -0.2) is 81.8 Å². The van der Waals surface area contributed by atoms with E-state index in [1.54, 1.807) is 36.7 Å². The van der Waals surface area contributed by atoms with Crippen molar-refractivity contribution in [1.29, 1.82) is 0 Å². The first-order chi connectivity index (χ1) is 27.1. The molecule has 0 amide bonds. The molecule has 0 aliphatic heterocycles. The molecule has 3 fully saturated rings. The predicted molar refractivity (Wildman–Crippen MR) is 211 cm³/mol. The topological polar surface area (TPSA) is 160 Å². The van der Waals surface area contributed by atoms with E-state index in [4.69, 9.17) is 9.47 Å². The van der Waals surface area contributed by atoms with Crippen LogP contribution in [0.1, 0.15) is 81.5 Å². The molecule has 8 atom stereocenters. The Balaban J connectivity index is 0.874. The molecule has 4 aliphatic rings. The molecule has 300 valence electrons. The number of benzene rings is 2. The van der Waals surface area contributed by atoms with E-state index in [0.29, 0.717) is 12.0 Å². The monoisotopic (exact) mass is 776 g/mol. The molecule has 1 unspecified atom stereocenters. The van der Waals surface area contributed by atoms with Gasteiger partial charge in [0.25, 0.3) is 0 Å². The van der Waals surface area contributed by atoms with Gasteiger partial charge < -0.3 is 19.7 Å². The summed E-state index contributed by atoms with van der Waals surface area (Å²) >= 11 is 0. The zero-order valence-electron chi connectivity index (χ0n) is 33.1. The van der Waals surface area contributed by atoms with E-state index in [0.717, 1.165) is 40.3 Å². The highest BCUT2D eigenvalue weighted by Gasteiger charge is 2.68. The Morgan fingerprint density at radius 2 is 1.67 bits per heavy atom. The molecule has 3 saturated carbocycles. The molecule has 3 aromatic rings. The summed E-state index contributed by atoms with van der Waals surface area (Å²) in [6.45, 7) is 3.29. The number of aliphatic hydroxyl groups excluding tert-OH is 1. The molecule has 0 bridgehead atoms. The second kappa shape index (κ2) is 15.8. The number of hydrogen-bond donors (Lipinski definition) is 2. The fourth-order valence-corrected chi connectivity index (χ4v) is 10.7. The second-order valence-electron chi connectivity index (χ2n) is 17.2. The zero-order valence-corrected chi connectivity index (χ0v) is 33.1. The van der Waals surface area contributed by atoms with E-state index in [-0.39, 0.29) is 68.0 Å². The summed E-state index contributed by atoms with van der Waals surface area (Å²) < 4.78 is 10.7. The number of rotatable bonds is 13. The molecule has 1 aromatic heterocycles. The van der Waals surface area contributed by atoms with Gasteiger partial charge in [0.1, 0.15) is 12.2 Å². The summed E-state index contributed by atoms with van der Waals surface area (Å²) in [5.41, 5.74) is 0.335. The molecule has 11 nitrogen and oxygen atoms in total. The average Bonchev–Trinajstić information content (AvgIpc) is 3.45. The molecular weight excluding hydrogens is 725 g/mol. The van der Waals surface area contributed by atoms with Gasteiger partial charge in [0.2, 0.25) is 5.78 Å². The first-order valence-electron chi connectivity index (χ1n) is 19.9. The van der Waals surface area contributed by atoms with Gasteiger partial charge in [-0.2, -0.15) is 0 Å². The summed E-state index contributed by atoms with van der Waals surface area (Å²) in [5.74, 6) is -2.07. The number of aromatic nitrogens is 1. The molecule has 7 rings (SSSR count). The molecule has 57 heavy (non-hydrogen) atoms. The molecule has 0 radical (unpaired) electrons. The number of carbonyl (C=O) groups excluding carboxylic acids is 5. The fourth-order valence-electron chi connectivity index (χ4n) is 10.7. The minimum atomic E-state index is -1.77. The molecule has 4 aliphatic carbocycles. The van der Waals surface area contributed by atoms with Crippen molar-refractivity contribution in [3.05, 3.63) is 101 Å². The zero-order chi connectivity index (χ0) is 40.7. The number of fused-ring (bicyclic) bond motifs is 6. The van der Waals surface area contributed by atoms with Crippen LogP contribution >= 0.6 is 0 Å². The third-order valence-electron chi connectivity index (χ3n) is 13.6. The number of pyridine rings is 1. The van der Waals surface area contributed by atoms with Gasteiger partial charge in [0, 0.05) is 40.9 Å². The lowest BCUT2D eigenvalue weighted by atomic mass is 9.46. The van der Waals surface area contributed by atoms with Crippen LogP contribution in [-0.2, 0) is 46.5 Å². The number of carbonyl (C=O) groups is 5. The highest BCUT2D eigenvalue weighted by molar-refractivity contribution is 6.01. The number of aliphatic hydroxyl groups is 2. The van der Waals surface area contributed by atoms with Gasteiger partial charge in [-0.25, -0.2) is 0 Å². The average molecular weight is 777 g/mol. The maximum absolute atomic E-state index is 13.6. The summed E-state index contributed by atoms with van der Waals surface area (Å²) in [6.07, 6.45) is 10.1. The van der Waals surface area contributed by atoms with Crippen LogP contribution in [0.15, 0.2) is 84.7 Å². The summed E-state index contributed by atoms with van der Waals surface area (Å²) in [6, 6.07) is 14.7. The standard InChI is InChI=1S/C46H52N2O9/c1-44-18-15-34(49)23-33(44)11-12-35-36-16-19-46(55,45(36,2)24-38(51)42(35)44)39(52)27-57-41(54)14-13-40(53)56-26-28-5-8-30(9-6-28)43(48(3)4)37(50)22-29-7-10-32-25-47-20-17-31(32)21-29/h5-10,15,17-18,20-21,23,25,35-36,38,42-43,51,55H,11-14,16,19,22,24,26-27H2,1-4H3/t35-,36-,38-,42+,43?,44-,45-,46-/m0/s1. The Bertz CT molecular complexity index is 2140. The number of hydrogen-bond acceptors (Lipinski definition) is 11. The summed E-state index contributed by atoms with van der Waals surface area (Å²) in [7, 11) is 3.72. The lowest BCUT2D eigenvalue weighted by molar-refractivity contribution is -0.181. The Kier molecular flexibility index (Phi) is 11.2. The minimum absolute atomic E-state index is 0.0230. The van der Waals surface area contributed by atoms with Gasteiger partial charge in [0.05, 0.1) is 25.0 Å². The van der Waals surface area contributed by atoms with E-state index in [9.17, 15) is 34.2 Å². The Labute approximate surface area is 333 Å². The van der Waals surface area contributed by atoms with Crippen molar-refractivity contribution in [2.75, 3.05) is 20.7 Å². The number of allylic oxidation sites excluding steroid dienone is 4. The van der Waals surface area contributed by atoms with Crippen molar-refractivity contribution in [3.8, 4) is 0 Å². The van der Waals surface area contributed by atoms with E-state index in [1.807, 2.05) is 68.4 Å². The van der Waals surface area contributed by atoms with Gasteiger partial charge >= 0.3 is 11.9 Å². The number of ketones is 3. The maximum Gasteiger partial charge on any atom is 0.306 e. The van der Waals surface area contributed by atoms with Gasteiger partial charge in [-0.05, 0) is 98.3 Å². The maximum atomic E-state index is 13.6. The predicted octanol–water partition coefficient (Wildman–Crippen LogP) is 5.59. The molecule has 2 N–H and O–H groups in total. The molecule has 0 saturated heterocycles. The third kappa shape index (κ3) is 7.65. The second-order valence-corrected chi connectivity index (χ2v) is 17.2. The number of likely N-dealkylation sites (N-methyl/N-ethyl adjacent to an activating group) is 1. The summed E-state index contributed by atoms with van der Waals surface area (Å²) in [5, 5.41) is 25.6. The number of nitrogens with zero attached hydrogens (tertiary/aromatic N) is 2. The van der Waals surface area contributed by atoms with Crippen LogP contribution in [0.4, 0.5) is 0 Å². The van der Waals surface area contributed by atoms with Crippen molar-refractivity contribution in [3.63, 3.8) is 0 Å². The molecular formula is C46H52N2O9. The van der Waals surface area contributed by atoms with E-state index >= 15 is 0 Å². The van der Waals surface area contributed by atoms with Crippen LogP contribution < -0.4 is 0 Å². The highest BCUT2D eigenvalue weighted by Crippen LogP contribution is 2.67. The van der Waals surface area contributed by atoms with E-state index in [2.05, 4.69) is 11.9 Å². The van der Waals surface area contributed by atoms with E-state index in [1.165, 1.54) is 0 Å². The fraction of sp³-hybridized carbons (Fsp3) is 0.478. The number of esters is 2. The van der Waals surface area contributed by atoms with Crippen molar-refractivity contribution in [2.24, 2.45) is 28.6 Å². The van der Waals surface area contributed by atoms with Crippen LogP contribution in [0.3, 0.4) is 0 Å². The Morgan fingerprint density at radius 1 is 0.947 bits per heavy atom. The van der Waals surface area contributed by atoms with Crippen molar-refractivity contribution < 1.29 is 43.7 Å². The quantitative estimate of drug-likeness (QED) is 0.208. The first-order valence-corrected chi connectivity index (χ1v) is 19.9. The smallest absolute Gasteiger partial charge is 0.306 e. The van der Waals surface area contributed by atoms with Gasteiger partial charge in [-0.1, -0.05) is 68.0 Å². The first kappa shape index (κ1) is 40.4. The number of Topliss-reactive ketones (excluding diaryl/α,β-unsaturated/α-hetero) is 2. The molecule has 0 spiro atoms. The van der Waals surface area contributed by atoms with Crippen LogP contribution in [0.25, 0.3) is 10.8 Å². The Hall–Kier alpha value is -4.84. The normalized spacial score (nSPS) is 29.5. The molecule has 2 aromatic carbocycles. The van der Waals surface area contributed by atoms with Crippen LogP contribution in [0.5, 0.6) is 0 Å². The van der Waals surface area contributed by atoms with Gasteiger partial charge in [-0.15, -0.1) is 0 Å². The van der Waals surface area contributed by atoms with E-state index < -0.39 is 52.9 Å². The SMILES string of the molecule is CN(C)C(C(=O)Cc1ccc2cnccc2c1)c1ccc(COC(=O)CCC(=O)OCC(=O)[C@@]2(O)CC[C@H]3[C@@H]4CCC5=CC(=O)C=C[C@]5(C)[C@H]4[C@@H](O)C[C@@]32C)cc1. The largest absolute Gasteiger partial charge is 0.461 e. The molecule has 11 heteroatoms. The van der Waals surface area contributed by atoms with Crippen molar-refractivity contribution in [1.82, 2.24) is 9.88 Å². The van der Waals surface area contributed by atoms with Crippen molar-refractivity contribution >= 4 is 40.1 Å². The lowest BCUT2D eigenvalue weighted by Gasteiger charge is -2.59. The van der Waals surface area contributed by atoms with Crippen molar-refractivity contribution in [2.45, 2.75) is 89.6 Å². The van der Waals surface area contributed by atoms with Crippen LogP contribution in [0.2, 0.25) is 0 Å². The summed E-state index contributed by atoms with van der Waals surface area (Å²) in [4.78, 5) is 70.4. The molecule has 1 heterocycles. The minimum Gasteiger partial charge on any atom is -0.461 e. The van der Waals surface area contributed by atoms with Crippen LogP contribution in [0, 0.1) is 28.6 Å². The lowest BCUT2D eigenvalue weighted by Crippen LogP contribution is -2.61. The van der Waals surface area contributed by atoms with Gasteiger partial charge in [0.15, 0.2) is 18.2 Å².